The van der Waals surface area contributed by atoms with Gasteiger partial charge in [-0.15, -0.1) is 0 Å². The van der Waals surface area contributed by atoms with E-state index in [0.29, 0.717) is 16.7 Å². The van der Waals surface area contributed by atoms with Gasteiger partial charge in [0.05, 0.1) is 5.56 Å². The predicted molar refractivity (Wildman–Crippen MR) is 126 cm³/mol. The molecule has 0 bridgehead atoms. The van der Waals surface area contributed by atoms with Crippen molar-refractivity contribution in [3.8, 4) is 11.3 Å². The Kier molecular flexibility index (Phi) is 5.77. The molecule has 0 aliphatic rings. The molecule has 2 amide bonds. The molecule has 0 atom stereocenters. The summed E-state index contributed by atoms with van der Waals surface area (Å²) in [5.41, 5.74) is 0.0223. The van der Waals surface area contributed by atoms with Crippen LogP contribution in [-0.2, 0) is 6.18 Å². The number of hydrogen-bond donors (Lipinski definition) is 2. The Morgan fingerprint density at radius 1 is 0.806 bits per heavy atom. The topological polar surface area (TPSA) is 97.4 Å². The number of halogens is 3. The number of furan rings is 1. The Morgan fingerprint density at radius 2 is 1.56 bits per heavy atom. The lowest BCUT2D eigenvalue weighted by Crippen LogP contribution is -2.17. The van der Waals surface area contributed by atoms with Gasteiger partial charge in [0.2, 0.25) is 5.76 Å². The average molecular weight is 491 g/mol. The van der Waals surface area contributed by atoms with E-state index < -0.39 is 23.6 Å². The Hall–Kier alpha value is -4.86. The molecule has 0 fully saturated rings. The summed E-state index contributed by atoms with van der Waals surface area (Å²) in [7, 11) is 0. The molecule has 0 spiro atoms. The van der Waals surface area contributed by atoms with Crippen LogP contribution < -0.4 is 10.6 Å². The molecule has 2 N–H and O–H groups in total. The van der Waals surface area contributed by atoms with Gasteiger partial charge in [0.1, 0.15) is 11.3 Å². The molecule has 3 aromatic carbocycles. The van der Waals surface area contributed by atoms with E-state index in [0.717, 1.165) is 17.7 Å². The molecule has 10 heteroatoms. The molecule has 5 rings (SSSR count). The van der Waals surface area contributed by atoms with E-state index in [1.165, 1.54) is 18.2 Å². The van der Waals surface area contributed by atoms with Gasteiger partial charge in [-0.1, -0.05) is 53.7 Å². The number of aromatic nitrogens is 1. The number of hydrogen-bond acceptors (Lipinski definition) is 5. The summed E-state index contributed by atoms with van der Waals surface area (Å²) in [5, 5.41) is 9.24. The lowest BCUT2D eigenvalue weighted by Gasteiger charge is -2.10. The van der Waals surface area contributed by atoms with Gasteiger partial charge >= 0.3 is 6.18 Å². The maximum Gasteiger partial charge on any atom is 0.416 e. The van der Waals surface area contributed by atoms with Crippen molar-refractivity contribution in [2.45, 2.75) is 6.18 Å². The van der Waals surface area contributed by atoms with Crippen LogP contribution in [0.15, 0.2) is 93.9 Å². The normalized spacial score (nSPS) is 11.4. The van der Waals surface area contributed by atoms with Crippen LogP contribution in [0.25, 0.3) is 22.3 Å². The average Bonchev–Trinajstić information content (AvgIpc) is 3.50. The van der Waals surface area contributed by atoms with Crippen LogP contribution in [-0.4, -0.2) is 17.0 Å². The van der Waals surface area contributed by atoms with Crippen molar-refractivity contribution in [1.82, 2.24) is 5.16 Å². The van der Waals surface area contributed by atoms with E-state index in [1.54, 1.807) is 36.4 Å². The SMILES string of the molecule is O=C(Nc1c(C(=O)Nc2cccc(C(F)(F)F)c2)oc2ccccc12)c1cc(-c2ccccc2)on1. The van der Waals surface area contributed by atoms with Gasteiger partial charge in [0.15, 0.2) is 11.5 Å². The third kappa shape index (κ3) is 4.56. The number of nitrogens with zero attached hydrogens (tertiary/aromatic N) is 1. The van der Waals surface area contributed by atoms with Crippen LogP contribution in [0.2, 0.25) is 0 Å². The first-order valence-electron chi connectivity index (χ1n) is 10.6. The molecule has 0 saturated heterocycles. The highest BCUT2D eigenvalue weighted by molar-refractivity contribution is 6.16. The van der Waals surface area contributed by atoms with E-state index in [-0.39, 0.29) is 22.8 Å². The van der Waals surface area contributed by atoms with Crippen molar-refractivity contribution < 1.29 is 31.7 Å². The smallest absolute Gasteiger partial charge is 0.416 e. The number of amides is 2. The van der Waals surface area contributed by atoms with Crippen LogP contribution in [0.5, 0.6) is 0 Å². The molecule has 0 aliphatic heterocycles. The monoisotopic (exact) mass is 491 g/mol. The van der Waals surface area contributed by atoms with Gasteiger partial charge in [0, 0.05) is 22.7 Å². The van der Waals surface area contributed by atoms with Gasteiger partial charge < -0.3 is 19.6 Å². The molecule has 7 nitrogen and oxygen atoms in total. The van der Waals surface area contributed by atoms with E-state index in [2.05, 4.69) is 15.8 Å². The summed E-state index contributed by atoms with van der Waals surface area (Å²) in [4.78, 5) is 26.0. The van der Waals surface area contributed by atoms with Crippen molar-refractivity contribution >= 4 is 34.2 Å². The van der Waals surface area contributed by atoms with Crippen molar-refractivity contribution in [1.29, 1.82) is 0 Å². The molecule has 36 heavy (non-hydrogen) atoms. The minimum Gasteiger partial charge on any atom is -0.449 e. The number of alkyl halides is 3. The number of nitrogens with one attached hydrogen (secondary N) is 2. The molecule has 180 valence electrons. The number of rotatable bonds is 5. The zero-order valence-corrected chi connectivity index (χ0v) is 18.3. The third-order valence-corrected chi connectivity index (χ3v) is 5.29. The van der Waals surface area contributed by atoms with E-state index in [9.17, 15) is 22.8 Å². The van der Waals surface area contributed by atoms with Gasteiger partial charge in [-0.05, 0) is 30.3 Å². The first-order chi connectivity index (χ1) is 17.3. The lowest BCUT2D eigenvalue weighted by atomic mass is 10.1. The fraction of sp³-hybridized carbons (Fsp3) is 0.0385. The number of fused-ring (bicyclic) bond motifs is 1. The molecule has 5 aromatic rings. The molecule has 0 radical (unpaired) electrons. The molecule has 2 heterocycles. The second kappa shape index (κ2) is 9.06. The second-order valence-electron chi connectivity index (χ2n) is 7.73. The largest absolute Gasteiger partial charge is 0.449 e. The first kappa shape index (κ1) is 22.9. The van der Waals surface area contributed by atoms with Gasteiger partial charge in [-0.3, -0.25) is 9.59 Å². The van der Waals surface area contributed by atoms with Crippen molar-refractivity contribution in [2.24, 2.45) is 0 Å². The summed E-state index contributed by atoms with van der Waals surface area (Å²) in [6.45, 7) is 0. The Balaban J connectivity index is 1.44. The Labute approximate surface area is 201 Å². The fourth-order valence-electron chi connectivity index (χ4n) is 3.59. The highest BCUT2D eigenvalue weighted by Crippen LogP contribution is 2.34. The molecular formula is C26H16F3N3O4. The molecule has 0 aliphatic carbocycles. The Bertz CT molecular complexity index is 1570. The van der Waals surface area contributed by atoms with Crippen LogP contribution in [0.3, 0.4) is 0 Å². The van der Waals surface area contributed by atoms with Crippen LogP contribution in [0.4, 0.5) is 24.5 Å². The molecule has 2 aromatic heterocycles. The molecule has 0 unspecified atom stereocenters. The van der Waals surface area contributed by atoms with Crippen LogP contribution in [0.1, 0.15) is 26.6 Å². The van der Waals surface area contributed by atoms with Gasteiger partial charge in [-0.2, -0.15) is 13.2 Å². The summed E-state index contributed by atoms with van der Waals surface area (Å²) in [5.74, 6) is -1.42. The zero-order chi connectivity index (χ0) is 25.3. The quantitative estimate of drug-likeness (QED) is 0.288. The third-order valence-electron chi connectivity index (χ3n) is 5.29. The molecular weight excluding hydrogens is 475 g/mol. The van der Waals surface area contributed by atoms with E-state index in [4.69, 9.17) is 8.94 Å². The first-order valence-corrected chi connectivity index (χ1v) is 10.6. The molecule has 0 saturated carbocycles. The number of anilines is 2. The minimum absolute atomic E-state index is 0.0385. The highest BCUT2D eigenvalue weighted by atomic mass is 19.4. The van der Waals surface area contributed by atoms with Crippen molar-refractivity contribution in [2.75, 3.05) is 10.6 Å². The number of carbonyl (C=O) groups excluding carboxylic acids is 2. The summed E-state index contributed by atoms with van der Waals surface area (Å²) < 4.78 is 50.1. The standard InChI is InChI=1S/C26H16F3N3O4/c27-26(28,29)16-9-6-10-17(13-16)30-25(34)23-22(18-11-4-5-12-20(18)35-23)31-24(33)19-14-21(36-32-19)15-7-2-1-3-8-15/h1-14H,(H,30,34)(H,31,33). The van der Waals surface area contributed by atoms with E-state index >= 15 is 0 Å². The van der Waals surface area contributed by atoms with Crippen molar-refractivity contribution in [3.05, 3.63) is 102 Å². The fourth-order valence-corrected chi connectivity index (χ4v) is 3.59. The second-order valence-corrected chi connectivity index (χ2v) is 7.73. The number of benzene rings is 3. The minimum atomic E-state index is -4.57. The van der Waals surface area contributed by atoms with E-state index in [1.807, 2.05) is 18.2 Å². The maximum absolute atomic E-state index is 13.1. The summed E-state index contributed by atoms with van der Waals surface area (Å²) in [6, 6.07) is 21.3. The number of para-hydroxylation sites is 1. The summed E-state index contributed by atoms with van der Waals surface area (Å²) >= 11 is 0. The highest BCUT2D eigenvalue weighted by Gasteiger charge is 2.31. The lowest BCUT2D eigenvalue weighted by molar-refractivity contribution is -0.137. The maximum atomic E-state index is 13.1. The summed E-state index contributed by atoms with van der Waals surface area (Å²) in [6.07, 6.45) is -4.57. The van der Waals surface area contributed by atoms with Crippen molar-refractivity contribution in [3.63, 3.8) is 0 Å². The van der Waals surface area contributed by atoms with Gasteiger partial charge in [-0.25, -0.2) is 0 Å². The van der Waals surface area contributed by atoms with Crippen LogP contribution in [0, 0.1) is 0 Å². The zero-order valence-electron chi connectivity index (χ0n) is 18.3. The van der Waals surface area contributed by atoms with Crippen LogP contribution >= 0.6 is 0 Å². The Morgan fingerprint density at radius 3 is 2.33 bits per heavy atom. The van der Waals surface area contributed by atoms with Gasteiger partial charge in [0.25, 0.3) is 11.8 Å². The number of carbonyl (C=O) groups is 2. The predicted octanol–water partition coefficient (Wildman–Crippen LogP) is 6.61.